The third-order valence-electron chi connectivity index (χ3n) is 6.05. The first-order valence-electron chi connectivity index (χ1n) is 9.96. The summed E-state index contributed by atoms with van der Waals surface area (Å²) >= 11 is 0. The molecule has 29 heavy (non-hydrogen) atoms. The van der Waals surface area contributed by atoms with Gasteiger partial charge in [-0.2, -0.15) is 0 Å². The molecule has 2 aromatic carbocycles. The van der Waals surface area contributed by atoms with Crippen molar-refractivity contribution in [1.82, 2.24) is 4.90 Å². The number of fused-ring (bicyclic) bond motifs is 2. The van der Waals surface area contributed by atoms with Gasteiger partial charge >= 0.3 is 5.97 Å². The Morgan fingerprint density at radius 2 is 1.69 bits per heavy atom. The van der Waals surface area contributed by atoms with E-state index in [4.69, 9.17) is 4.74 Å². The minimum Gasteiger partial charge on any atom is -0.459 e. The zero-order valence-corrected chi connectivity index (χ0v) is 16.4. The molecule has 4 rings (SSSR count). The van der Waals surface area contributed by atoms with Crippen LogP contribution in [0.1, 0.15) is 36.8 Å². The third kappa shape index (κ3) is 4.22. The second kappa shape index (κ2) is 8.17. The monoisotopic (exact) mass is 392 g/mol. The molecule has 2 fully saturated rings. The maximum absolute atomic E-state index is 13.1. The van der Waals surface area contributed by atoms with Crippen LogP contribution in [0.15, 0.2) is 54.6 Å². The summed E-state index contributed by atoms with van der Waals surface area (Å²) in [6.07, 6.45) is 5.73. The zero-order chi connectivity index (χ0) is 20.4. The number of rotatable bonds is 5. The van der Waals surface area contributed by atoms with E-state index in [1.54, 1.807) is 18.2 Å². The maximum Gasteiger partial charge on any atom is 0.339 e. The summed E-state index contributed by atoms with van der Waals surface area (Å²) in [5.41, 5.74) is 1.90. The van der Waals surface area contributed by atoms with Gasteiger partial charge in [0, 0.05) is 37.1 Å². The van der Waals surface area contributed by atoms with Crippen molar-refractivity contribution in [3.05, 3.63) is 75.8 Å². The first-order chi connectivity index (χ1) is 14.0. The molecule has 0 aromatic heterocycles. The average molecular weight is 392 g/mol. The lowest BCUT2D eigenvalue weighted by Crippen LogP contribution is -2.43. The standard InChI is InChI=1S/C23H24N2O4/c1-24-19-11-12-20(24)15-21(14-19)29-23(26)22(13-16-5-3-2-4-6-16)17-7-9-18(10-8-17)25(27)28/h2-10,13,19-21H,11-12,14-15H2,1H3/b22-13+. The summed E-state index contributed by atoms with van der Waals surface area (Å²) < 4.78 is 5.92. The van der Waals surface area contributed by atoms with Gasteiger partial charge < -0.3 is 9.64 Å². The van der Waals surface area contributed by atoms with E-state index in [2.05, 4.69) is 11.9 Å². The van der Waals surface area contributed by atoms with Crippen molar-refractivity contribution in [3.8, 4) is 0 Å². The lowest BCUT2D eigenvalue weighted by atomic mass is 9.99. The van der Waals surface area contributed by atoms with Gasteiger partial charge in [-0.25, -0.2) is 4.79 Å². The van der Waals surface area contributed by atoms with E-state index in [1.807, 2.05) is 30.3 Å². The lowest BCUT2D eigenvalue weighted by molar-refractivity contribution is -0.384. The molecule has 150 valence electrons. The summed E-state index contributed by atoms with van der Waals surface area (Å²) in [6, 6.07) is 16.5. The van der Waals surface area contributed by atoms with Crippen molar-refractivity contribution in [2.24, 2.45) is 0 Å². The summed E-state index contributed by atoms with van der Waals surface area (Å²) in [5.74, 6) is -0.378. The van der Waals surface area contributed by atoms with Crippen LogP contribution >= 0.6 is 0 Å². The first kappa shape index (κ1) is 19.3. The fourth-order valence-electron chi connectivity index (χ4n) is 4.41. The van der Waals surface area contributed by atoms with Crippen molar-refractivity contribution in [3.63, 3.8) is 0 Å². The molecule has 0 aliphatic carbocycles. The van der Waals surface area contributed by atoms with Crippen LogP contribution in [0.2, 0.25) is 0 Å². The van der Waals surface area contributed by atoms with E-state index in [0.29, 0.717) is 23.2 Å². The van der Waals surface area contributed by atoms with Crippen LogP contribution in [0.5, 0.6) is 0 Å². The average Bonchev–Trinajstić information content (AvgIpc) is 2.93. The molecule has 0 radical (unpaired) electrons. The Hall–Kier alpha value is -2.99. The van der Waals surface area contributed by atoms with E-state index < -0.39 is 4.92 Å². The van der Waals surface area contributed by atoms with Gasteiger partial charge in [0.25, 0.3) is 5.69 Å². The minimum absolute atomic E-state index is 0.00642. The second-order valence-corrected chi connectivity index (χ2v) is 7.82. The van der Waals surface area contributed by atoms with Gasteiger partial charge in [-0.05, 0) is 49.2 Å². The number of ether oxygens (including phenoxy) is 1. The predicted molar refractivity (Wildman–Crippen MR) is 111 cm³/mol. The number of hydrogen-bond acceptors (Lipinski definition) is 5. The molecule has 6 heteroatoms. The molecule has 2 aliphatic rings. The quantitative estimate of drug-likeness (QED) is 0.249. The molecule has 0 saturated carbocycles. The Morgan fingerprint density at radius 1 is 1.07 bits per heavy atom. The number of benzene rings is 2. The molecule has 2 aromatic rings. The maximum atomic E-state index is 13.1. The number of piperidine rings is 1. The normalized spacial score (nSPS) is 24.3. The Balaban J connectivity index is 1.59. The van der Waals surface area contributed by atoms with E-state index >= 15 is 0 Å². The number of carbonyl (C=O) groups excluding carboxylic acids is 1. The lowest BCUT2D eigenvalue weighted by Gasteiger charge is -2.35. The molecular formula is C23H24N2O4. The van der Waals surface area contributed by atoms with Crippen LogP contribution in [0.25, 0.3) is 11.6 Å². The highest BCUT2D eigenvalue weighted by Gasteiger charge is 2.40. The van der Waals surface area contributed by atoms with E-state index in [0.717, 1.165) is 31.2 Å². The number of nitro benzene ring substituents is 1. The molecule has 2 atom stereocenters. The van der Waals surface area contributed by atoms with Crippen LogP contribution < -0.4 is 0 Å². The molecule has 2 unspecified atom stereocenters. The van der Waals surface area contributed by atoms with Gasteiger partial charge in [0.2, 0.25) is 0 Å². The van der Waals surface area contributed by atoms with Gasteiger partial charge in [-0.15, -0.1) is 0 Å². The highest BCUT2D eigenvalue weighted by Crippen LogP contribution is 2.36. The molecule has 0 spiro atoms. The van der Waals surface area contributed by atoms with Crippen molar-refractivity contribution < 1.29 is 14.5 Å². The number of esters is 1. The Labute approximate surface area is 169 Å². The van der Waals surface area contributed by atoms with Gasteiger partial charge in [-0.1, -0.05) is 30.3 Å². The second-order valence-electron chi connectivity index (χ2n) is 7.82. The number of nitrogens with zero attached hydrogens (tertiary/aromatic N) is 2. The molecule has 0 N–H and O–H groups in total. The summed E-state index contributed by atoms with van der Waals surface area (Å²) in [4.78, 5) is 26.0. The van der Waals surface area contributed by atoms with E-state index in [1.165, 1.54) is 12.1 Å². The number of non-ortho nitro benzene ring substituents is 1. The van der Waals surface area contributed by atoms with Crippen LogP contribution in [-0.2, 0) is 9.53 Å². The first-order valence-corrected chi connectivity index (χ1v) is 9.96. The molecule has 6 nitrogen and oxygen atoms in total. The predicted octanol–water partition coefficient (Wildman–Crippen LogP) is 4.30. The Kier molecular flexibility index (Phi) is 5.45. The van der Waals surface area contributed by atoms with Gasteiger partial charge in [0.15, 0.2) is 0 Å². The largest absolute Gasteiger partial charge is 0.459 e. The van der Waals surface area contributed by atoms with Gasteiger partial charge in [0.1, 0.15) is 6.10 Å². The highest BCUT2D eigenvalue weighted by molar-refractivity contribution is 6.21. The van der Waals surface area contributed by atoms with Crippen LogP contribution in [0.4, 0.5) is 5.69 Å². The topological polar surface area (TPSA) is 72.7 Å². The van der Waals surface area contributed by atoms with Crippen LogP contribution in [0.3, 0.4) is 0 Å². The van der Waals surface area contributed by atoms with Crippen molar-refractivity contribution in [2.75, 3.05) is 7.05 Å². The number of carbonyl (C=O) groups is 1. The molecule has 2 heterocycles. The summed E-state index contributed by atoms with van der Waals surface area (Å²) in [6.45, 7) is 0. The Bertz CT molecular complexity index is 910. The summed E-state index contributed by atoms with van der Waals surface area (Å²) in [5, 5.41) is 11.0. The third-order valence-corrected chi connectivity index (χ3v) is 6.05. The van der Waals surface area contributed by atoms with Crippen molar-refractivity contribution in [2.45, 2.75) is 43.9 Å². The van der Waals surface area contributed by atoms with E-state index in [-0.39, 0.29) is 17.8 Å². The fourth-order valence-corrected chi connectivity index (χ4v) is 4.41. The van der Waals surface area contributed by atoms with Gasteiger partial charge in [0.05, 0.1) is 10.5 Å². The fraction of sp³-hybridized carbons (Fsp3) is 0.348. The van der Waals surface area contributed by atoms with E-state index in [9.17, 15) is 14.9 Å². The molecule has 2 aliphatic heterocycles. The number of hydrogen-bond donors (Lipinski definition) is 0. The number of nitro groups is 1. The molecule has 2 bridgehead atoms. The van der Waals surface area contributed by atoms with Gasteiger partial charge in [-0.3, -0.25) is 10.1 Å². The zero-order valence-electron chi connectivity index (χ0n) is 16.4. The summed E-state index contributed by atoms with van der Waals surface area (Å²) in [7, 11) is 2.15. The van der Waals surface area contributed by atoms with Crippen molar-refractivity contribution >= 4 is 23.3 Å². The van der Waals surface area contributed by atoms with Crippen LogP contribution in [-0.4, -0.2) is 41.0 Å². The molecule has 0 amide bonds. The van der Waals surface area contributed by atoms with Crippen LogP contribution in [0, 0.1) is 10.1 Å². The Morgan fingerprint density at radius 3 is 2.28 bits per heavy atom. The molecular weight excluding hydrogens is 368 g/mol. The molecule has 2 saturated heterocycles. The minimum atomic E-state index is -0.447. The smallest absolute Gasteiger partial charge is 0.339 e. The SMILES string of the molecule is CN1C2CCC1CC(OC(=O)/C(=C/c1ccccc1)c1ccc([N+](=O)[O-])cc1)C2. The highest BCUT2D eigenvalue weighted by atomic mass is 16.6. The van der Waals surface area contributed by atoms with Crippen molar-refractivity contribution in [1.29, 1.82) is 0 Å².